The molecule has 1 atom stereocenters. The first-order valence-electron chi connectivity index (χ1n) is 5.71. The fraction of sp³-hybridized carbons (Fsp3) is 0.909. The number of halogens is 3. The highest BCUT2D eigenvalue weighted by Crippen LogP contribution is 2.34. The molecule has 100 valence electrons. The van der Waals surface area contributed by atoms with Gasteiger partial charge in [-0.2, -0.15) is 13.2 Å². The standard InChI is InChI=1S/C11H19F3N2O/c1-8(9-4-5-9)15(2)6-10(17)16(3)7-11(12,13)14/h8-9H,4-7H2,1-3H3. The van der Waals surface area contributed by atoms with E-state index in [1.165, 1.54) is 7.05 Å². The molecule has 1 amide bonds. The summed E-state index contributed by atoms with van der Waals surface area (Å²) in [6.07, 6.45) is -2.03. The summed E-state index contributed by atoms with van der Waals surface area (Å²) in [5, 5.41) is 0. The van der Waals surface area contributed by atoms with Crippen LogP contribution in [0, 0.1) is 5.92 Å². The van der Waals surface area contributed by atoms with Crippen molar-refractivity contribution in [3.63, 3.8) is 0 Å². The molecule has 0 aromatic rings. The number of nitrogens with zero attached hydrogens (tertiary/aromatic N) is 2. The van der Waals surface area contributed by atoms with Gasteiger partial charge in [0.1, 0.15) is 6.54 Å². The molecule has 0 saturated heterocycles. The highest BCUT2D eigenvalue weighted by Gasteiger charge is 2.34. The molecule has 0 aromatic heterocycles. The lowest BCUT2D eigenvalue weighted by atomic mass is 10.2. The van der Waals surface area contributed by atoms with Gasteiger partial charge < -0.3 is 4.90 Å². The third-order valence-corrected chi connectivity index (χ3v) is 3.23. The SMILES string of the molecule is CC(C1CC1)N(C)CC(=O)N(C)CC(F)(F)F. The molecule has 1 aliphatic rings. The second-order valence-corrected chi connectivity index (χ2v) is 4.86. The Hall–Kier alpha value is -0.780. The zero-order valence-corrected chi connectivity index (χ0v) is 10.4. The highest BCUT2D eigenvalue weighted by molar-refractivity contribution is 5.78. The van der Waals surface area contributed by atoms with Crippen LogP contribution in [0.5, 0.6) is 0 Å². The first-order valence-corrected chi connectivity index (χ1v) is 5.71. The molecule has 1 aliphatic carbocycles. The van der Waals surface area contributed by atoms with Crippen molar-refractivity contribution in [1.82, 2.24) is 9.80 Å². The molecule has 0 bridgehead atoms. The fourth-order valence-corrected chi connectivity index (χ4v) is 1.77. The topological polar surface area (TPSA) is 23.6 Å². The van der Waals surface area contributed by atoms with Crippen LogP contribution in [0.15, 0.2) is 0 Å². The Balaban J connectivity index is 2.36. The number of likely N-dealkylation sites (N-methyl/N-ethyl adjacent to an activating group) is 2. The van der Waals surface area contributed by atoms with Gasteiger partial charge in [-0.3, -0.25) is 9.69 Å². The molecule has 1 unspecified atom stereocenters. The number of carbonyl (C=O) groups is 1. The lowest BCUT2D eigenvalue weighted by Crippen LogP contribution is -2.44. The van der Waals surface area contributed by atoms with Crippen LogP contribution in [0.3, 0.4) is 0 Å². The molecule has 1 rings (SSSR count). The monoisotopic (exact) mass is 252 g/mol. The van der Waals surface area contributed by atoms with E-state index in [0.717, 1.165) is 17.7 Å². The van der Waals surface area contributed by atoms with Crippen molar-refractivity contribution in [2.45, 2.75) is 32.0 Å². The summed E-state index contributed by atoms with van der Waals surface area (Å²) >= 11 is 0. The van der Waals surface area contributed by atoms with Gasteiger partial charge in [0.05, 0.1) is 6.54 Å². The Morgan fingerprint density at radius 3 is 2.29 bits per heavy atom. The predicted octanol–water partition coefficient (Wildman–Crippen LogP) is 1.74. The Morgan fingerprint density at radius 1 is 1.35 bits per heavy atom. The summed E-state index contributed by atoms with van der Waals surface area (Å²) in [6, 6.07) is 0.262. The van der Waals surface area contributed by atoms with Crippen LogP contribution in [-0.4, -0.2) is 55.1 Å². The number of hydrogen-bond donors (Lipinski definition) is 0. The lowest BCUT2D eigenvalue weighted by Gasteiger charge is -2.27. The van der Waals surface area contributed by atoms with Gasteiger partial charge in [0, 0.05) is 13.1 Å². The minimum atomic E-state index is -4.33. The zero-order chi connectivity index (χ0) is 13.2. The Labute approximate surface area is 99.6 Å². The maximum atomic E-state index is 12.1. The Kier molecular flexibility index (Phi) is 4.41. The molecule has 1 fully saturated rings. The van der Waals surface area contributed by atoms with Crippen molar-refractivity contribution in [3.8, 4) is 0 Å². The maximum Gasteiger partial charge on any atom is 0.406 e. The van der Waals surface area contributed by atoms with E-state index < -0.39 is 18.6 Å². The molecule has 0 aliphatic heterocycles. The average molecular weight is 252 g/mol. The van der Waals surface area contributed by atoms with E-state index >= 15 is 0 Å². The van der Waals surface area contributed by atoms with Crippen molar-refractivity contribution >= 4 is 5.91 Å². The number of hydrogen-bond acceptors (Lipinski definition) is 2. The zero-order valence-electron chi connectivity index (χ0n) is 10.4. The summed E-state index contributed by atoms with van der Waals surface area (Å²) in [5.41, 5.74) is 0. The van der Waals surface area contributed by atoms with E-state index in [4.69, 9.17) is 0 Å². The summed E-state index contributed by atoms with van der Waals surface area (Å²) in [4.78, 5) is 14.1. The van der Waals surface area contributed by atoms with E-state index in [9.17, 15) is 18.0 Å². The Morgan fingerprint density at radius 2 is 1.88 bits per heavy atom. The van der Waals surface area contributed by atoms with E-state index in [-0.39, 0.29) is 12.6 Å². The molecule has 1 saturated carbocycles. The largest absolute Gasteiger partial charge is 0.406 e. The van der Waals surface area contributed by atoms with Crippen LogP contribution in [0.1, 0.15) is 19.8 Å². The van der Waals surface area contributed by atoms with Gasteiger partial charge >= 0.3 is 6.18 Å². The van der Waals surface area contributed by atoms with Gasteiger partial charge in [-0.25, -0.2) is 0 Å². The second kappa shape index (κ2) is 5.25. The smallest absolute Gasteiger partial charge is 0.336 e. The third-order valence-electron chi connectivity index (χ3n) is 3.23. The second-order valence-electron chi connectivity index (χ2n) is 4.86. The maximum absolute atomic E-state index is 12.1. The van der Waals surface area contributed by atoms with Gasteiger partial charge in [-0.15, -0.1) is 0 Å². The van der Waals surface area contributed by atoms with Gasteiger partial charge in [-0.05, 0) is 32.7 Å². The normalized spacial score (nSPS) is 18.3. The molecule has 0 radical (unpaired) electrons. The van der Waals surface area contributed by atoms with E-state index in [1.54, 1.807) is 7.05 Å². The minimum absolute atomic E-state index is 0.0459. The Bertz CT molecular complexity index is 276. The first kappa shape index (κ1) is 14.3. The molecule has 6 heteroatoms. The van der Waals surface area contributed by atoms with Crippen molar-refractivity contribution < 1.29 is 18.0 Å². The van der Waals surface area contributed by atoms with Crippen LogP contribution < -0.4 is 0 Å². The summed E-state index contributed by atoms with van der Waals surface area (Å²) in [7, 11) is 2.97. The number of rotatable bonds is 5. The molecule has 0 aromatic carbocycles. The minimum Gasteiger partial charge on any atom is -0.336 e. The van der Waals surface area contributed by atoms with Crippen LogP contribution in [0.2, 0.25) is 0 Å². The van der Waals surface area contributed by atoms with Gasteiger partial charge in [0.15, 0.2) is 0 Å². The van der Waals surface area contributed by atoms with Crippen LogP contribution >= 0.6 is 0 Å². The highest BCUT2D eigenvalue weighted by atomic mass is 19.4. The predicted molar refractivity (Wildman–Crippen MR) is 58.5 cm³/mol. The van der Waals surface area contributed by atoms with Gasteiger partial charge in [-0.1, -0.05) is 0 Å². The first-order chi connectivity index (χ1) is 7.70. The quantitative estimate of drug-likeness (QED) is 0.744. The van der Waals surface area contributed by atoms with Crippen molar-refractivity contribution in [2.75, 3.05) is 27.2 Å². The molecule has 0 spiro atoms. The van der Waals surface area contributed by atoms with Gasteiger partial charge in [0.2, 0.25) is 5.91 Å². The molecule has 17 heavy (non-hydrogen) atoms. The van der Waals surface area contributed by atoms with Crippen LogP contribution in [0.25, 0.3) is 0 Å². The fourth-order valence-electron chi connectivity index (χ4n) is 1.77. The van der Waals surface area contributed by atoms with Gasteiger partial charge in [0.25, 0.3) is 0 Å². The van der Waals surface area contributed by atoms with Crippen molar-refractivity contribution in [3.05, 3.63) is 0 Å². The number of amides is 1. The third kappa shape index (κ3) is 4.93. The average Bonchev–Trinajstić information content (AvgIpc) is 2.96. The number of alkyl halides is 3. The van der Waals surface area contributed by atoms with Crippen molar-refractivity contribution in [2.24, 2.45) is 5.92 Å². The van der Waals surface area contributed by atoms with Crippen LogP contribution in [0.4, 0.5) is 13.2 Å². The lowest BCUT2D eigenvalue weighted by molar-refractivity contribution is -0.159. The summed E-state index contributed by atoms with van der Waals surface area (Å²) in [6.45, 7) is 0.871. The molecular weight excluding hydrogens is 233 g/mol. The number of carbonyl (C=O) groups excluding carboxylic acids is 1. The molecule has 3 nitrogen and oxygen atoms in total. The molecular formula is C11H19F3N2O. The molecule has 0 heterocycles. The van der Waals surface area contributed by atoms with Crippen LogP contribution in [-0.2, 0) is 4.79 Å². The van der Waals surface area contributed by atoms with E-state index in [0.29, 0.717) is 5.92 Å². The van der Waals surface area contributed by atoms with E-state index in [1.807, 2.05) is 11.8 Å². The summed E-state index contributed by atoms with van der Waals surface area (Å²) in [5.74, 6) is 0.109. The summed E-state index contributed by atoms with van der Waals surface area (Å²) < 4.78 is 36.3. The molecule has 0 N–H and O–H groups in total. The van der Waals surface area contributed by atoms with E-state index in [2.05, 4.69) is 0 Å². The van der Waals surface area contributed by atoms with Crippen molar-refractivity contribution in [1.29, 1.82) is 0 Å².